The van der Waals surface area contributed by atoms with Crippen molar-refractivity contribution in [1.82, 2.24) is 4.57 Å². The number of para-hydroxylation sites is 2. The molecule has 0 radical (unpaired) electrons. The van der Waals surface area contributed by atoms with Crippen LogP contribution in [0.25, 0.3) is 104 Å². The normalized spacial score (nSPS) is 11.8. The van der Waals surface area contributed by atoms with Gasteiger partial charge < -0.3 is 13.9 Å². The molecule has 0 N–H and O–H groups in total. The molecular formula is C60H38N2O. The fraction of sp³-hybridized carbons (Fsp3) is 0. The number of anilines is 3. The van der Waals surface area contributed by atoms with Gasteiger partial charge in [-0.05, 0) is 128 Å². The fourth-order valence-electron chi connectivity index (χ4n) is 10.0. The highest BCUT2D eigenvalue weighted by Crippen LogP contribution is 2.46. The summed E-state index contributed by atoms with van der Waals surface area (Å²) in [6.45, 7) is 0. The molecule has 0 aliphatic rings. The topological polar surface area (TPSA) is 21.3 Å². The van der Waals surface area contributed by atoms with E-state index in [9.17, 15) is 0 Å². The maximum Gasteiger partial charge on any atom is 0.143 e. The third-order valence-corrected chi connectivity index (χ3v) is 13.0. The molecule has 0 aliphatic carbocycles. The van der Waals surface area contributed by atoms with Crippen LogP contribution in [0.1, 0.15) is 0 Å². The Bertz CT molecular complexity index is 3900. The number of hydrogen-bond donors (Lipinski definition) is 0. The highest BCUT2D eigenvalue weighted by atomic mass is 16.3. The smallest absolute Gasteiger partial charge is 0.143 e. The van der Waals surface area contributed by atoms with E-state index in [1.54, 1.807) is 0 Å². The van der Waals surface area contributed by atoms with E-state index < -0.39 is 0 Å². The van der Waals surface area contributed by atoms with Crippen molar-refractivity contribution in [2.45, 2.75) is 0 Å². The molecule has 0 bridgehead atoms. The Morgan fingerprint density at radius 3 is 1.76 bits per heavy atom. The minimum atomic E-state index is 0.864. The molecule has 0 aliphatic heterocycles. The molecule has 11 aromatic carbocycles. The maximum atomic E-state index is 6.73. The number of furan rings is 1. The van der Waals surface area contributed by atoms with E-state index in [4.69, 9.17) is 4.42 Å². The predicted molar refractivity (Wildman–Crippen MR) is 266 cm³/mol. The van der Waals surface area contributed by atoms with Gasteiger partial charge in [0, 0.05) is 38.6 Å². The van der Waals surface area contributed by atoms with E-state index in [-0.39, 0.29) is 0 Å². The summed E-state index contributed by atoms with van der Waals surface area (Å²) < 4.78 is 9.09. The molecule has 0 amide bonds. The number of rotatable bonds is 6. The largest absolute Gasteiger partial charge is 0.455 e. The standard InChI is InChI=1S/C60H38N2O/c1-2-15-44(16-3-1)62-55-22-11-10-21-51(55)54-37-42(30-36-56(54)62)39-25-31-45(32-26-39)61(57-23-12-24-58-59(57)52-35-29-40-13-4-7-18-48(40)60(52)63-58)46-33-27-41(28-34-46)53-38-43-14-5-6-17-47(43)49-19-8-9-20-50(49)53/h1-38H. The first-order valence-electron chi connectivity index (χ1n) is 21.6. The third kappa shape index (κ3) is 5.60. The van der Waals surface area contributed by atoms with Crippen LogP contribution in [-0.4, -0.2) is 4.57 Å². The SMILES string of the molecule is c1ccc(-n2c3ccccc3c3cc(-c4ccc(N(c5ccc(-c6cc7ccccc7c7ccccc67)cc5)c5cccc6oc7c8ccccc8ccc7c56)cc4)ccc32)cc1. The molecule has 63 heavy (non-hydrogen) atoms. The zero-order valence-electron chi connectivity index (χ0n) is 34.2. The molecule has 0 saturated heterocycles. The lowest BCUT2D eigenvalue weighted by Gasteiger charge is -2.27. The summed E-state index contributed by atoms with van der Waals surface area (Å²) in [6.07, 6.45) is 0. The predicted octanol–water partition coefficient (Wildman–Crippen LogP) is 16.9. The third-order valence-electron chi connectivity index (χ3n) is 13.0. The van der Waals surface area contributed by atoms with Gasteiger partial charge in [-0.15, -0.1) is 0 Å². The number of aromatic nitrogens is 1. The van der Waals surface area contributed by atoms with Crippen LogP contribution in [-0.2, 0) is 0 Å². The molecule has 0 atom stereocenters. The van der Waals surface area contributed by atoms with Gasteiger partial charge >= 0.3 is 0 Å². The molecule has 0 fully saturated rings. The Balaban J connectivity index is 0.965. The van der Waals surface area contributed by atoms with Crippen LogP contribution in [0.5, 0.6) is 0 Å². The van der Waals surface area contributed by atoms with Crippen molar-refractivity contribution in [2.24, 2.45) is 0 Å². The van der Waals surface area contributed by atoms with Gasteiger partial charge in [-0.1, -0.05) is 152 Å². The Morgan fingerprint density at radius 1 is 0.349 bits per heavy atom. The summed E-state index contributed by atoms with van der Waals surface area (Å²) in [6, 6.07) is 83.4. The van der Waals surface area contributed by atoms with Gasteiger partial charge in [0.2, 0.25) is 0 Å². The molecule has 3 nitrogen and oxygen atoms in total. The molecule has 13 rings (SSSR count). The van der Waals surface area contributed by atoms with Crippen LogP contribution in [0.3, 0.4) is 0 Å². The Kier molecular flexibility index (Phi) is 7.91. The highest BCUT2D eigenvalue weighted by molar-refractivity contribution is 6.20. The summed E-state index contributed by atoms with van der Waals surface area (Å²) in [7, 11) is 0. The average molecular weight is 803 g/mol. The summed E-state index contributed by atoms with van der Waals surface area (Å²) >= 11 is 0. The van der Waals surface area contributed by atoms with Crippen LogP contribution in [0.4, 0.5) is 17.1 Å². The van der Waals surface area contributed by atoms with Crippen LogP contribution >= 0.6 is 0 Å². The first-order valence-corrected chi connectivity index (χ1v) is 21.6. The van der Waals surface area contributed by atoms with E-state index in [0.29, 0.717) is 0 Å². The summed E-state index contributed by atoms with van der Waals surface area (Å²) in [5.41, 5.74) is 13.3. The second-order valence-corrected chi connectivity index (χ2v) is 16.5. The van der Waals surface area contributed by atoms with E-state index in [1.165, 1.54) is 60.0 Å². The maximum absolute atomic E-state index is 6.73. The number of hydrogen-bond acceptors (Lipinski definition) is 2. The van der Waals surface area contributed by atoms with Crippen molar-refractivity contribution in [1.29, 1.82) is 0 Å². The zero-order chi connectivity index (χ0) is 41.4. The first kappa shape index (κ1) is 35.4. The van der Waals surface area contributed by atoms with Gasteiger partial charge in [0.1, 0.15) is 11.2 Å². The molecule has 0 spiro atoms. The lowest BCUT2D eigenvalue weighted by molar-refractivity contribution is 0.672. The zero-order valence-corrected chi connectivity index (χ0v) is 34.2. The average Bonchev–Trinajstić information content (AvgIpc) is 3.91. The lowest BCUT2D eigenvalue weighted by atomic mass is 9.93. The van der Waals surface area contributed by atoms with Gasteiger partial charge in [0.15, 0.2) is 0 Å². The molecular weight excluding hydrogens is 765 g/mol. The quantitative estimate of drug-likeness (QED) is 0.156. The van der Waals surface area contributed by atoms with Gasteiger partial charge in [-0.25, -0.2) is 0 Å². The molecule has 294 valence electrons. The Hall–Kier alpha value is -8.40. The molecule has 2 aromatic heterocycles. The molecule has 2 heterocycles. The van der Waals surface area contributed by atoms with Crippen molar-refractivity contribution in [3.05, 3.63) is 231 Å². The van der Waals surface area contributed by atoms with Crippen molar-refractivity contribution >= 4 is 93.1 Å². The number of nitrogens with zero attached hydrogens (tertiary/aromatic N) is 2. The number of fused-ring (bicyclic) bond motifs is 11. The summed E-state index contributed by atoms with van der Waals surface area (Å²) in [5, 5.41) is 12.0. The van der Waals surface area contributed by atoms with E-state index in [0.717, 1.165) is 61.0 Å². The van der Waals surface area contributed by atoms with Crippen LogP contribution < -0.4 is 4.90 Å². The van der Waals surface area contributed by atoms with Crippen molar-refractivity contribution in [2.75, 3.05) is 4.90 Å². The summed E-state index contributed by atoms with van der Waals surface area (Å²) in [4.78, 5) is 2.38. The van der Waals surface area contributed by atoms with Crippen LogP contribution in [0, 0.1) is 0 Å². The van der Waals surface area contributed by atoms with Crippen molar-refractivity contribution < 1.29 is 4.42 Å². The molecule has 0 unspecified atom stereocenters. The van der Waals surface area contributed by atoms with Gasteiger partial charge in [0.25, 0.3) is 0 Å². The summed E-state index contributed by atoms with van der Waals surface area (Å²) in [5.74, 6) is 0. The molecule has 0 saturated carbocycles. The van der Waals surface area contributed by atoms with Gasteiger partial charge in [-0.2, -0.15) is 0 Å². The highest BCUT2D eigenvalue weighted by Gasteiger charge is 2.21. The van der Waals surface area contributed by atoms with Crippen LogP contribution in [0.15, 0.2) is 235 Å². The van der Waals surface area contributed by atoms with Crippen LogP contribution in [0.2, 0.25) is 0 Å². The Labute approximate surface area is 363 Å². The van der Waals surface area contributed by atoms with E-state index in [1.807, 2.05) is 0 Å². The van der Waals surface area contributed by atoms with E-state index >= 15 is 0 Å². The minimum Gasteiger partial charge on any atom is -0.455 e. The van der Waals surface area contributed by atoms with Crippen molar-refractivity contribution in [3.8, 4) is 27.9 Å². The van der Waals surface area contributed by atoms with E-state index in [2.05, 4.69) is 240 Å². The van der Waals surface area contributed by atoms with Crippen molar-refractivity contribution in [3.63, 3.8) is 0 Å². The second kappa shape index (κ2) is 14.1. The van der Waals surface area contributed by atoms with Gasteiger partial charge in [-0.3, -0.25) is 0 Å². The Morgan fingerprint density at radius 2 is 0.968 bits per heavy atom. The minimum absolute atomic E-state index is 0.864. The first-order chi connectivity index (χ1) is 31.2. The van der Waals surface area contributed by atoms with Gasteiger partial charge in [0.05, 0.1) is 22.1 Å². The number of benzene rings is 11. The monoisotopic (exact) mass is 802 g/mol. The fourth-order valence-corrected chi connectivity index (χ4v) is 10.0. The second-order valence-electron chi connectivity index (χ2n) is 16.5. The lowest BCUT2D eigenvalue weighted by Crippen LogP contribution is -2.10. The molecule has 13 aromatic rings. The molecule has 3 heteroatoms.